The highest BCUT2D eigenvalue weighted by Gasteiger charge is 2.22. The molecule has 2 aromatic rings. The zero-order valence-electron chi connectivity index (χ0n) is 12.9. The molecule has 2 rings (SSSR count). The molecule has 116 valence electrons. The van der Waals surface area contributed by atoms with Crippen LogP contribution < -0.4 is 5.32 Å². The van der Waals surface area contributed by atoms with Gasteiger partial charge in [-0.15, -0.1) is 0 Å². The van der Waals surface area contributed by atoms with E-state index >= 15 is 0 Å². The Kier molecular flexibility index (Phi) is 4.65. The number of rotatable bonds is 6. The number of nitrogens with one attached hydrogen (secondary N) is 1. The molecule has 0 atom stereocenters. The molecule has 1 aromatic heterocycles. The van der Waals surface area contributed by atoms with Crippen molar-refractivity contribution in [3.63, 3.8) is 0 Å². The summed E-state index contributed by atoms with van der Waals surface area (Å²) in [4.78, 5) is 4.80. The average Bonchev–Trinajstić information content (AvgIpc) is 2.76. The van der Waals surface area contributed by atoms with Crippen molar-refractivity contribution in [3.8, 4) is 0 Å². The van der Waals surface area contributed by atoms with E-state index in [0.717, 1.165) is 11.3 Å². The molecule has 1 heterocycles. The number of sulfonamides is 1. The predicted octanol–water partition coefficient (Wildman–Crippen LogP) is 1.32. The SMILES string of the molecule is CCN(CC)S(=O)(=O)c1ccc2c(c1)nc(CNC)n2C. The van der Waals surface area contributed by atoms with Crippen LogP contribution in [-0.4, -0.2) is 42.4 Å². The predicted molar refractivity (Wildman–Crippen MR) is 83.6 cm³/mol. The zero-order chi connectivity index (χ0) is 15.6. The van der Waals surface area contributed by atoms with E-state index in [2.05, 4.69) is 10.3 Å². The van der Waals surface area contributed by atoms with E-state index < -0.39 is 10.0 Å². The van der Waals surface area contributed by atoms with E-state index in [9.17, 15) is 8.42 Å². The number of hydrogen-bond acceptors (Lipinski definition) is 4. The molecule has 0 radical (unpaired) electrons. The minimum absolute atomic E-state index is 0.299. The lowest BCUT2D eigenvalue weighted by Crippen LogP contribution is -2.30. The van der Waals surface area contributed by atoms with Gasteiger partial charge in [-0.05, 0) is 25.2 Å². The van der Waals surface area contributed by atoms with Crippen LogP contribution in [0, 0.1) is 0 Å². The smallest absolute Gasteiger partial charge is 0.243 e. The monoisotopic (exact) mass is 310 g/mol. The van der Waals surface area contributed by atoms with Crippen LogP contribution in [0.3, 0.4) is 0 Å². The van der Waals surface area contributed by atoms with Gasteiger partial charge in [0.1, 0.15) is 5.82 Å². The minimum atomic E-state index is -3.44. The van der Waals surface area contributed by atoms with Gasteiger partial charge in [0.2, 0.25) is 10.0 Å². The summed E-state index contributed by atoms with van der Waals surface area (Å²) in [6.07, 6.45) is 0. The number of hydrogen-bond donors (Lipinski definition) is 1. The fourth-order valence-corrected chi connectivity index (χ4v) is 3.90. The third-order valence-electron chi connectivity index (χ3n) is 3.62. The highest BCUT2D eigenvalue weighted by Crippen LogP contribution is 2.22. The highest BCUT2D eigenvalue weighted by atomic mass is 32.2. The van der Waals surface area contributed by atoms with Crippen molar-refractivity contribution >= 4 is 21.1 Å². The lowest BCUT2D eigenvalue weighted by molar-refractivity contribution is 0.445. The molecular formula is C14H22N4O2S. The van der Waals surface area contributed by atoms with Crippen molar-refractivity contribution in [2.75, 3.05) is 20.1 Å². The van der Waals surface area contributed by atoms with Gasteiger partial charge in [-0.2, -0.15) is 4.31 Å². The molecule has 7 heteroatoms. The second kappa shape index (κ2) is 6.13. The highest BCUT2D eigenvalue weighted by molar-refractivity contribution is 7.89. The second-order valence-electron chi connectivity index (χ2n) is 4.86. The van der Waals surface area contributed by atoms with Crippen LogP contribution in [0.1, 0.15) is 19.7 Å². The summed E-state index contributed by atoms with van der Waals surface area (Å²) >= 11 is 0. The van der Waals surface area contributed by atoms with Gasteiger partial charge in [-0.1, -0.05) is 13.8 Å². The fourth-order valence-electron chi connectivity index (χ4n) is 2.42. The second-order valence-corrected chi connectivity index (χ2v) is 6.80. The quantitative estimate of drug-likeness (QED) is 0.874. The summed E-state index contributed by atoms with van der Waals surface area (Å²) in [5.74, 6) is 0.880. The van der Waals surface area contributed by atoms with Gasteiger partial charge in [0, 0.05) is 20.1 Å². The number of benzene rings is 1. The Bertz CT molecular complexity index is 733. The lowest BCUT2D eigenvalue weighted by Gasteiger charge is -2.18. The van der Waals surface area contributed by atoms with E-state index in [0.29, 0.717) is 30.0 Å². The standard InChI is InChI=1S/C14H22N4O2S/c1-5-18(6-2)21(19,20)11-7-8-13-12(9-11)16-14(10-15-3)17(13)4/h7-9,15H,5-6,10H2,1-4H3. The van der Waals surface area contributed by atoms with Crippen LogP contribution in [0.4, 0.5) is 0 Å². The summed E-state index contributed by atoms with van der Waals surface area (Å²) in [7, 11) is 0.348. The van der Waals surface area contributed by atoms with Gasteiger partial charge < -0.3 is 9.88 Å². The van der Waals surface area contributed by atoms with Crippen LogP contribution >= 0.6 is 0 Å². The van der Waals surface area contributed by atoms with Gasteiger partial charge in [-0.3, -0.25) is 0 Å². The van der Waals surface area contributed by atoms with Crippen molar-refractivity contribution in [2.45, 2.75) is 25.3 Å². The zero-order valence-corrected chi connectivity index (χ0v) is 13.7. The third-order valence-corrected chi connectivity index (χ3v) is 5.67. The number of aromatic nitrogens is 2. The molecule has 1 aromatic carbocycles. The van der Waals surface area contributed by atoms with Crippen molar-refractivity contribution in [1.82, 2.24) is 19.2 Å². The Morgan fingerprint density at radius 3 is 2.52 bits per heavy atom. The molecule has 0 aliphatic rings. The summed E-state index contributed by atoms with van der Waals surface area (Å²) in [6.45, 7) is 5.24. The Morgan fingerprint density at radius 1 is 1.29 bits per heavy atom. The van der Waals surface area contributed by atoms with Crippen LogP contribution in [-0.2, 0) is 23.6 Å². The van der Waals surface area contributed by atoms with Crippen LogP contribution in [0.2, 0.25) is 0 Å². The van der Waals surface area contributed by atoms with E-state index in [1.165, 1.54) is 4.31 Å². The first-order valence-electron chi connectivity index (χ1n) is 7.05. The van der Waals surface area contributed by atoms with Crippen molar-refractivity contribution in [2.24, 2.45) is 7.05 Å². The number of nitrogens with zero attached hydrogens (tertiary/aromatic N) is 3. The van der Waals surface area contributed by atoms with E-state index in [1.807, 2.05) is 38.6 Å². The number of aryl methyl sites for hydroxylation is 1. The molecule has 0 amide bonds. The Morgan fingerprint density at radius 2 is 1.95 bits per heavy atom. The van der Waals surface area contributed by atoms with Crippen LogP contribution in [0.25, 0.3) is 11.0 Å². The Balaban J connectivity index is 2.53. The lowest BCUT2D eigenvalue weighted by atomic mass is 10.3. The number of imidazole rings is 1. The maximum Gasteiger partial charge on any atom is 0.243 e. The first-order valence-corrected chi connectivity index (χ1v) is 8.49. The molecule has 0 spiro atoms. The van der Waals surface area contributed by atoms with Gasteiger partial charge >= 0.3 is 0 Å². The molecule has 0 unspecified atom stereocenters. The largest absolute Gasteiger partial charge is 0.330 e. The van der Waals surface area contributed by atoms with Crippen LogP contribution in [0.5, 0.6) is 0 Å². The molecule has 0 aliphatic heterocycles. The van der Waals surface area contributed by atoms with Gasteiger partial charge in [0.25, 0.3) is 0 Å². The van der Waals surface area contributed by atoms with Crippen LogP contribution in [0.15, 0.2) is 23.1 Å². The molecule has 0 saturated heterocycles. The Hall–Kier alpha value is -1.44. The first kappa shape index (κ1) is 15.9. The van der Waals surface area contributed by atoms with Crippen molar-refractivity contribution < 1.29 is 8.42 Å². The molecule has 0 fully saturated rings. The van der Waals surface area contributed by atoms with Crippen molar-refractivity contribution in [1.29, 1.82) is 0 Å². The normalized spacial score (nSPS) is 12.4. The summed E-state index contributed by atoms with van der Waals surface area (Å²) in [6, 6.07) is 5.13. The topological polar surface area (TPSA) is 67.2 Å². The fraction of sp³-hybridized carbons (Fsp3) is 0.500. The van der Waals surface area contributed by atoms with Crippen molar-refractivity contribution in [3.05, 3.63) is 24.0 Å². The number of fused-ring (bicyclic) bond motifs is 1. The van der Waals surface area contributed by atoms with E-state index in [4.69, 9.17) is 0 Å². The summed E-state index contributed by atoms with van der Waals surface area (Å²) in [5.41, 5.74) is 1.63. The van der Waals surface area contributed by atoms with E-state index in [1.54, 1.807) is 12.1 Å². The third kappa shape index (κ3) is 2.81. The van der Waals surface area contributed by atoms with E-state index in [-0.39, 0.29) is 0 Å². The molecule has 1 N–H and O–H groups in total. The molecular weight excluding hydrogens is 288 g/mol. The maximum absolute atomic E-state index is 12.5. The first-order chi connectivity index (χ1) is 9.95. The van der Waals surface area contributed by atoms with Gasteiger partial charge in [0.05, 0.1) is 22.5 Å². The summed E-state index contributed by atoms with van der Waals surface area (Å²) < 4.78 is 28.5. The molecule has 0 aliphatic carbocycles. The molecule has 0 saturated carbocycles. The molecule has 6 nitrogen and oxygen atoms in total. The van der Waals surface area contributed by atoms with Gasteiger partial charge in [-0.25, -0.2) is 13.4 Å². The maximum atomic E-state index is 12.5. The Labute approximate surface area is 125 Å². The molecule has 0 bridgehead atoms. The average molecular weight is 310 g/mol. The summed E-state index contributed by atoms with van der Waals surface area (Å²) in [5, 5.41) is 3.06. The minimum Gasteiger partial charge on any atom is -0.330 e. The molecule has 21 heavy (non-hydrogen) atoms. The van der Waals surface area contributed by atoms with Gasteiger partial charge in [0.15, 0.2) is 0 Å².